The Balaban J connectivity index is 1.59. The van der Waals surface area contributed by atoms with Crippen molar-refractivity contribution in [2.24, 2.45) is 0 Å². The molecule has 3 aromatic rings. The van der Waals surface area contributed by atoms with Crippen LogP contribution >= 0.6 is 23.4 Å². The Morgan fingerprint density at radius 3 is 2.81 bits per heavy atom. The summed E-state index contributed by atoms with van der Waals surface area (Å²) in [7, 11) is 0. The van der Waals surface area contributed by atoms with Crippen molar-refractivity contribution in [1.29, 1.82) is 0 Å². The summed E-state index contributed by atoms with van der Waals surface area (Å²) in [5.41, 5.74) is 1.04. The first kappa shape index (κ1) is 22.8. The molecule has 0 aliphatic rings. The highest BCUT2D eigenvalue weighted by atomic mass is 35.5. The Bertz CT molecular complexity index is 1050. The first-order chi connectivity index (χ1) is 15.0. The van der Waals surface area contributed by atoms with Crippen LogP contribution < -0.4 is 10.1 Å². The molecule has 1 N–H and O–H groups in total. The third kappa shape index (κ3) is 6.32. The first-order valence-corrected chi connectivity index (χ1v) is 10.9. The van der Waals surface area contributed by atoms with Crippen LogP contribution in [0.25, 0.3) is 0 Å². The molecule has 0 spiro atoms. The van der Waals surface area contributed by atoms with Crippen molar-refractivity contribution in [3.8, 4) is 5.75 Å². The Morgan fingerprint density at radius 2 is 2.10 bits per heavy atom. The minimum atomic E-state index is -0.512. The third-order valence-electron chi connectivity index (χ3n) is 4.37. The van der Waals surface area contributed by atoms with Crippen LogP contribution in [0.4, 0.5) is 4.39 Å². The number of carbonyl (C=O) groups excluding carboxylic acids is 1. The van der Waals surface area contributed by atoms with Crippen LogP contribution in [0.5, 0.6) is 5.75 Å². The SMILES string of the molecule is C=CCn1c(COc2ccc(F)c(Cl)c2)nnc1SCC(=O)NC(C)c1ccccc1. The number of aromatic nitrogens is 3. The number of ether oxygens (including phenoxy) is 1. The number of nitrogens with one attached hydrogen (secondary N) is 1. The van der Waals surface area contributed by atoms with E-state index in [1.165, 1.54) is 30.0 Å². The number of thioether (sulfide) groups is 1. The van der Waals surface area contributed by atoms with Gasteiger partial charge in [-0.15, -0.1) is 16.8 Å². The summed E-state index contributed by atoms with van der Waals surface area (Å²) in [6.07, 6.45) is 1.71. The average molecular weight is 461 g/mol. The van der Waals surface area contributed by atoms with Gasteiger partial charge in [-0.05, 0) is 24.6 Å². The maximum absolute atomic E-state index is 13.3. The van der Waals surface area contributed by atoms with E-state index in [4.69, 9.17) is 16.3 Å². The summed E-state index contributed by atoms with van der Waals surface area (Å²) in [6.45, 7) is 6.27. The maximum Gasteiger partial charge on any atom is 0.230 e. The van der Waals surface area contributed by atoms with Gasteiger partial charge in [0.1, 0.15) is 18.2 Å². The molecule has 1 atom stereocenters. The van der Waals surface area contributed by atoms with Crippen LogP contribution in [0.1, 0.15) is 24.4 Å². The fourth-order valence-corrected chi connectivity index (χ4v) is 3.75. The molecule has 0 saturated heterocycles. The van der Waals surface area contributed by atoms with Gasteiger partial charge in [0.2, 0.25) is 5.91 Å². The second kappa shape index (κ2) is 11.0. The largest absolute Gasteiger partial charge is 0.486 e. The topological polar surface area (TPSA) is 69.0 Å². The molecule has 6 nitrogen and oxygen atoms in total. The summed E-state index contributed by atoms with van der Waals surface area (Å²) >= 11 is 7.07. The summed E-state index contributed by atoms with van der Waals surface area (Å²) in [5.74, 6) is 0.556. The molecule has 0 bridgehead atoms. The van der Waals surface area contributed by atoms with Gasteiger partial charge in [-0.1, -0.05) is 59.8 Å². The zero-order chi connectivity index (χ0) is 22.2. The Hall–Kier alpha value is -2.84. The standard InChI is InChI=1S/C22H22ClFN4O2S/c1-3-11-28-20(13-30-17-9-10-19(24)18(23)12-17)26-27-22(28)31-14-21(29)25-15(2)16-7-5-4-6-8-16/h3-10,12,15H,1,11,13-14H2,2H3,(H,25,29). The molecule has 0 aliphatic heterocycles. The molecule has 1 unspecified atom stereocenters. The van der Waals surface area contributed by atoms with Crippen molar-refractivity contribution in [2.75, 3.05) is 5.75 Å². The number of halogens is 2. The fourth-order valence-electron chi connectivity index (χ4n) is 2.80. The molecule has 0 aliphatic carbocycles. The van der Waals surface area contributed by atoms with Gasteiger partial charge in [0.15, 0.2) is 11.0 Å². The van der Waals surface area contributed by atoms with Gasteiger partial charge in [0.05, 0.1) is 16.8 Å². The highest BCUT2D eigenvalue weighted by Crippen LogP contribution is 2.23. The van der Waals surface area contributed by atoms with E-state index >= 15 is 0 Å². The van der Waals surface area contributed by atoms with E-state index in [1.807, 2.05) is 41.8 Å². The van der Waals surface area contributed by atoms with Crippen molar-refractivity contribution < 1.29 is 13.9 Å². The maximum atomic E-state index is 13.3. The molecule has 1 aromatic heterocycles. The van der Waals surface area contributed by atoms with E-state index in [0.29, 0.717) is 23.3 Å². The van der Waals surface area contributed by atoms with E-state index in [0.717, 1.165) is 5.56 Å². The number of hydrogen-bond donors (Lipinski definition) is 1. The lowest BCUT2D eigenvalue weighted by molar-refractivity contribution is -0.119. The minimum Gasteiger partial charge on any atom is -0.486 e. The second-order valence-corrected chi connectivity index (χ2v) is 8.00. The number of carbonyl (C=O) groups is 1. The van der Waals surface area contributed by atoms with Gasteiger partial charge in [0.25, 0.3) is 0 Å². The molecule has 0 radical (unpaired) electrons. The van der Waals surface area contributed by atoms with Crippen LogP contribution in [0, 0.1) is 5.82 Å². The lowest BCUT2D eigenvalue weighted by atomic mass is 10.1. The summed E-state index contributed by atoms with van der Waals surface area (Å²) in [4.78, 5) is 12.4. The molecule has 0 fully saturated rings. The van der Waals surface area contributed by atoms with Crippen molar-refractivity contribution >= 4 is 29.3 Å². The van der Waals surface area contributed by atoms with E-state index in [-0.39, 0.29) is 29.3 Å². The number of rotatable bonds is 10. The first-order valence-electron chi connectivity index (χ1n) is 9.56. The highest BCUT2D eigenvalue weighted by Gasteiger charge is 2.16. The van der Waals surface area contributed by atoms with Crippen LogP contribution in [0.2, 0.25) is 5.02 Å². The van der Waals surface area contributed by atoms with Crippen molar-refractivity contribution in [3.63, 3.8) is 0 Å². The van der Waals surface area contributed by atoms with Crippen LogP contribution in [0.15, 0.2) is 66.3 Å². The van der Waals surface area contributed by atoms with Crippen molar-refractivity contribution in [1.82, 2.24) is 20.1 Å². The van der Waals surface area contributed by atoms with Gasteiger partial charge in [0, 0.05) is 12.6 Å². The van der Waals surface area contributed by atoms with Gasteiger partial charge in [-0.2, -0.15) is 0 Å². The second-order valence-electron chi connectivity index (χ2n) is 6.65. The van der Waals surface area contributed by atoms with Crippen LogP contribution in [0.3, 0.4) is 0 Å². The molecular weight excluding hydrogens is 439 g/mol. The van der Waals surface area contributed by atoms with E-state index < -0.39 is 5.82 Å². The fraction of sp³-hybridized carbons (Fsp3) is 0.227. The third-order valence-corrected chi connectivity index (χ3v) is 5.63. The lowest BCUT2D eigenvalue weighted by Crippen LogP contribution is -2.28. The van der Waals surface area contributed by atoms with Crippen LogP contribution in [-0.2, 0) is 17.9 Å². The molecule has 9 heteroatoms. The number of nitrogens with zero attached hydrogens (tertiary/aromatic N) is 3. The van der Waals surface area contributed by atoms with E-state index in [2.05, 4.69) is 22.1 Å². The normalized spacial score (nSPS) is 11.7. The summed E-state index contributed by atoms with van der Waals surface area (Å²) in [5, 5.41) is 11.9. The summed E-state index contributed by atoms with van der Waals surface area (Å²) in [6, 6.07) is 13.8. The number of hydrogen-bond acceptors (Lipinski definition) is 5. The number of allylic oxidation sites excluding steroid dienone is 1. The lowest BCUT2D eigenvalue weighted by Gasteiger charge is -2.14. The van der Waals surface area contributed by atoms with Gasteiger partial charge in [-0.25, -0.2) is 4.39 Å². The Morgan fingerprint density at radius 1 is 1.32 bits per heavy atom. The zero-order valence-electron chi connectivity index (χ0n) is 16.9. The summed E-state index contributed by atoms with van der Waals surface area (Å²) < 4.78 is 20.8. The Labute approximate surface area is 189 Å². The number of amides is 1. The van der Waals surface area contributed by atoms with Gasteiger partial charge in [-0.3, -0.25) is 9.36 Å². The molecule has 3 rings (SSSR count). The predicted octanol–water partition coefficient (Wildman–Crippen LogP) is 4.81. The predicted molar refractivity (Wildman–Crippen MR) is 120 cm³/mol. The zero-order valence-corrected chi connectivity index (χ0v) is 18.5. The molecule has 2 aromatic carbocycles. The van der Waals surface area contributed by atoms with E-state index in [1.54, 1.807) is 6.08 Å². The number of benzene rings is 2. The molecule has 162 valence electrons. The van der Waals surface area contributed by atoms with Crippen molar-refractivity contribution in [3.05, 3.63) is 83.4 Å². The van der Waals surface area contributed by atoms with Crippen molar-refractivity contribution in [2.45, 2.75) is 31.3 Å². The monoisotopic (exact) mass is 460 g/mol. The molecule has 1 heterocycles. The van der Waals surface area contributed by atoms with Gasteiger partial charge < -0.3 is 10.1 Å². The smallest absolute Gasteiger partial charge is 0.230 e. The highest BCUT2D eigenvalue weighted by molar-refractivity contribution is 7.99. The minimum absolute atomic E-state index is 0.0166. The van der Waals surface area contributed by atoms with E-state index in [9.17, 15) is 9.18 Å². The Kier molecular flexibility index (Phi) is 8.08. The van der Waals surface area contributed by atoms with Gasteiger partial charge >= 0.3 is 0 Å². The average Bonchev–Trinajstić information content (AvgIpc) is 3.15. The van der Waals surface area contributed by atoms with Crippen LogP contribution in [-0.4, -0.2) is 26.4 Å². The quantitative estimate of drug-likeness (QED) is 0.347. The molecule has 0 saturated carbocycles. The molecular formula is C22H22ClFN4O2S. The molecule has 31 heavy (non-hydrogen) atoms. The molecule has 1 amide bonds.